The van der Waals surface area contributed by atoms with E-state index in [2.05, 4.69) is 24.1 Å². The number of pyridine rings is 1. The highest BCUT2D eigenvalue weighted by Crippen LogP contribution is 2.49. The number of rotatable bonds is 1. The van der Waals surface area contributed by atoms with Crippen LogP contribution in [0.5, 0.6) is 5.75 Å². The normalized spacial score (nSPS) is 23.4. The SMILES string of the molecule is Br.Br.CN1CC[C@]2(c3cccc(O)c3)Cc3nc4ccccc4c(N)c3C[C@H]2C1. The van der Waals surface area contributed by atoms with Crippen molar-refractivity contribution in [2.24, 2.45) is 5.92 Å². The second-order valence-electron chi connectivity index (χ2n) is 8.26. The molecule has 5 rings (SSSR count). The maximum absolute atomic E-state index is 10.1. The highest BCUT2D eigenvalue weighted by Gasteiger charge is 2.47. The van der Waals surface area contributed by atoms with Crippen molar-refractivity contribution >= 4 is 50.6 Å². The van der Waals surface area contributed by atoms with Crippen LogP contribution in [0.4, 0.5) is 5.69 Å². The fourth-order valence-corrected chi connectivity index (χ4v) is 5.28. The summed E-state index contributed by atoms with van der Waals surface area (Å²) in [5.41, 5.74) is 12.1. The molecule has 0 unspecified atom stereocenters. The molecule has 2 aromatic carbocycles. The number of nitrogens with two attached hydrogens (primary N) is 1. The third-order valence-corrected chi connectivity index (χ3v) is 6.73. The summed E-state index contributed by atoms with van der Waals surface area (Å²) in [6.45, 7) is 2.10. The first-order chi connectivity index (χ1) is 13.1. The zero-order valence-electron chi connectivity index (χ0n) is 16.5. The molecule has 2 heterocycles. The highest BCUT2D eigenvalue weighted by molar-refractivity contribution is 8.93. The molecule has 0 radical (unpaired) electrons. The maximum atomic E-state index is 10.1. The number of anilines is 1. The quantitative estimate of drug-likeness (QED) is 0.489. The molecule has 1 fully saturated rings. The van der Waals surface area contributed by atoms with Crippen molar-refractivity contribution in [1.82, 2.24) is 9.88 Å². The van der Waals surface area contributed by atoms with E-state index in [9.17, 15) is 5.11 Å². The van der Waals surface area contributed by atoms with Gasteiger partial charge in [-0.2, -0.15) is 0 Å². The second-order valence-corrected chi connectivity index (χ2v) is 8.26. The van der Waals surface area contributed by atoms with Gasteiger partial charge in [0, 0.05) is 35.1 Å². The van der Waals surface area contributed by atoms with Gasteiger partial charge < -0.3 is 15.7 Å². The van der Waals surface area contributed by atoms with E-state index in [1.54, 1.807) is 6.07 Å². The molecule has 6 heteroatoms. The summed E-state index contributed by atoms with van der Waals surface area (Å²) in [5, 5.41) is 11.2. The van der Waals surface area contributed by atoms with Crippen LogP contribution in [0.15, 0.2) is 48.5 Å². The number of nitrogen functional groups attached to an aromatic ring is 1. The molecule has 29 heavy (non-hydrogen) atoms. The van der Waals surface area contributed by atoms with Crippen LogP contribution >= 0.6 is 34.0 Å². The summed E-state index contributed by atoms with van der Waals surface area (Å²) in [4.78, 5) is 7.44. The van der Waals surface area contributed by atoms with Crippen molar-refractivity contribution in [2.45, 2.75) is 24.7 Å². The molecule has 0 bridgehead atoms. The van der Waals surface area contributed by atoms with E-state index in [1.165, 1.54) is 11.1 Å². The van der Waals surface area contributed by atoms with Gasteiger partial charge in [0.05, 0.1) is 5.52 Å². The lowest BCUT2D eigenvalue weighted by Crippen LogP contribution is -2.53. The van der Waals surface area contributed by atoms with Gasteiger partial charge in [0.25, 0.3) is 0 Å². The van der Waals surface area contributed by atoms with Crippen LogP contribution in [0.2, 0.25) is 0 Å². The van der Waals surface area contributed by atoms with Gasteiger partial charge >= 0.3 is 0 Å². The Labute approximate surface area is 192 Å². The molecule has 3 aromatic rings. The van der Waals surface area contributed by atoms with E-state index in [0.717, 1.165) is 54.6 Å². The van der Waals surface area contributed by atoms with Crippen molar-refractivity contribution in [3.8, 4) is 5.75 Å². The Bertz CT molecular complexity index is 1040. The number of aromatic hydroxyl groups is 1. The Hall–Kier alpha value is -1.63. The molecular weight excluding hydrogens is 494 g/mol. The lowest BCUT2D eigenvalue weighted by Gasteiger charge is -2.50. The smallest absolute Gasteiger partial charge is 0.115 e. The van der Waals surface area contributed by atoms with Crippen LogP contribution in [0.3, 0.4) is 0 Å². The van der Waals surface area contributed by atoms with Crippen molar-refractivity contribution in [3.63, 3.8) is 0 Å². The fraction of sp³-hybridized carbons (Fsp3) is 0.348. The van der Waals surface area contributed by atoms with Gasteiger partial charge in [-0.3, -0.25) is 4.98 Å². The number of para-hydroxylation sites is 1. The van der Waals surface area contributed by atoms with Crippen LogP contribution in [-0.2, 0) is 18.3 Å². The molecular formula is C23H27Br2N3O. The van der Waals surface area contributed by atoms with Gasteiger partial charge in [0.1, 0.15) is 5.75 Å². The Morgan fingerprint density at radius 3 is 2.72 bits per heavy atom. The Morgan fingerprint density at radius 2 is 1.93 bits per heavy atom. The molecule has 3 N–H and O–H groups in total. The summed E-state index contributed by atoms with van der Waals surface area (Å²) < 4.78 is 0. The van der Waals surface area contributed by atoms with Crippen molar-refractivity contribution in [1.29, 1.82) is 0 Å². The summed E-state index contributed by atoms with van der Waals surface area (Å²) in [7, 11) is 2.20. The van der Waals surface area contributed by atoms with E-state index in [0.29, 0.717) is 11.7 Å². The minimum Gasteiger partial charge on any atom is -0.508 e. The molecule has 1 aliphatic heterocycles. The number of hydrogen-bond donors (Lipinski definition) is 2. The predicted molar refractivity (Wildman–Crippen MR) is 130 cm³/mol. The maximum Gasteiger partial charge on any atom is 0.115 e. The number of piperidine rings is 1. The molecule has 4 nitrogen and oxygen atoms in total. The van der Waals surface area contributed by atoms with E-state index < -0.39 is 0 Å². The number of halogens is 2. The molecule has 1 aromatic heterocycles. The third kappa shape index (κ3) is 3.56. The first-order valence-electron chi connectivity index (χ1n) is 9.71. The first kappa shape index (κ1) is 22.1. The average Bonchev–Trinajstić information content (AvgIpc) is 2.67. The van der Waals surface area contributed by atoms with Gasteiger partial charge in [-0.1, -0.05) is 30.3 Å². The molecule has 154 valence electrons. The minimum atomic E-state index is 0. The van der Waals surface area contributed by atoms with Gasteiger partial charge in [0.2, 0.25) is 0 Å². The molecule has 2 aliphatic rings. The molecule has 0 saturated carbocycles. The van der Waals surface area contributed by atoms with E-state index >= 15 is 0 Å². The second kappa shape index (κ2) is 8.25. The van der Waals surface area contributed by atoms with Gasteiger partial charge in [-0.25, -0.2) is 0 Å². The molecule has 0 amide bonds. The summed E-state index contributed by atoms with van der Waals surface area (Å²) >= 11 is 0. The van der Waals surface area contributed by atoms with Gasteiger partial charge in [0.15, 0.2) is 0 Å². The monoisotopic (exact) mass is 519 g/mol. The molecule has 1 saturated heterocycles. The lowest BCUT2D eigenvalue weighted by molar-refractivity contribution is 0.0989. The zero-order valence-corrected chi connectivity index (χ0v) is 19.9. The standard InChI is InChI=1S/C23H25N3O.2BrH/c1-26-10-9-23(15-5-4-6-17(27)11-15)13-21-19(12-16(23)14-26)22(24)18-7-2-3-8-20(18)25-21;;/h2-8,11,16,27H,9-10,12-14H2,1H3,(H2,24,25);2*1H/t16-,23+;;/m0../s1. The largest absolute Gasteiger partial charge is 0.508 e. The Morgan fingerprint density at radius 1 is 1.14 bits per heavy atom. The number of likely N-dealkylation sites (tertiary alicyclic amines) is 1. The number of phenols is 1. The summed E-state index contributed by atoms with van der Waals surface area (Å²) in [5.74, 6) is 0.812. The van der Waals surface area contributed by atoms with Crippen molar-refractivity contribution < 1.29 is 5.11 Å². The minimum absolute atomic E-state index is 0. The highest BCUT2D eigenvalue weighted by atomic mass is 79.9. The van der Waals surface area contributed by atoms with Crippen molar-refractivity contribution in [2.75, 3.05) is 25.9 Å². The number of hydrogen-bond acceptors (Lipinski definition) is 4. The number of fused-ring (bicyclic) bond motifs is 3. The predicted octanol–water partition coefficient (Wildman–Crippen LogP) is 4.67. The number of phenolic OH excluding ortho intramolecular Hbond substituents is 1. The summed E-state index contributed by atoms with van der Waals surface area (Å²) in [6, 6.07) is 16.0. The van der Waals surface area contributed by atoms with Crippen LogP contribution < -0.4 is 5.73 Å². The van der Waals surface area contributed by atoms with Crippen molar-refractivity contribution in [3.05, 3.63) is 65.4 Å². The molecule has 1 aliphatic carbocycles. The Balaban J connectivity index is 0.00000120. The average molecular weight is 521 g/mol. The fourth-order valence-electron chi connectivity index (χ4n) is 5.28. The van der Waals surface area contributed by atoms with Gasteiger partial charge in [-0.15, -0.1) is 34.0 Å². The van der Waals surface area contributed by atoms with E-state index in [1.807, 2.05) is 30.3 Å². The number of aromatic nitrogens is 1. The van der Waals surface area contributed by atoms with Gasteiger partial charge in [-0.05, 0) is 61.7 Å². The first-order valence-corrected chi connectivity index (χ1v) is 9.71. The van der Waals surface area contributed by atoms with Crippen LogP contribution in [0.25, 0.3) is 10.9 Å². The van der Waals surface area contributed by atoms with Crippen LogP contribution in [0, 0.1) is 5.92 Å². The van der Waals surface area contributed by atoms with E-state index in [-0.39, 0.29) is 39.4 Å². The van der Waals surface area contributed by atoms with Crippen LogP contribution in [0.1, 0.15) is 23.2 Å². The Kier molecular flexibility index (Phi) is 6.27. The van der Waals surface area contributed by atoms with Crippen LogP contribution in [-0.4, -0.2) is 35.1 Å². The number of nitrogens with zero attached hydrogens (tertiary/aromatic N) is 2. The number of benzene rings is 2. The van der Waals surface area contributed by atoms with E-state index in [4.69, 9.17) is 10.7 Å². The third-order valence-electron chi connectivity index (χ3n) is 6.73. The zero-order chi connectivity index (χ0) is 18.6. The molecule has 2 atom stereocenters. The summed E-state index contributed by atoms with van der Waals surface area (Å²) in [6.07, 6.45) is 2.91. The lowest BCUT2D eigenvalue weighted by atomic mass is 9.58. The molecule has 0 spiro atoms. The topological polar surface area (TPSA) is 62.4 Å².